The molecule has 0 bridgehead atoms. The van der Waals surface area contributed by atoms with E-state index in [0.29, 0.717) is 37.3 Å². The lowest BCUT2D eigenvalue weighted by atomic mass is 10.1. The molecule has 1 aliphatic heterocycles. The molecule has 1 amide bonds. The third-order valence-corrected chi connectivity index (χ3v) is 2.88. The van der Waals surface area contributed by atoms with Crippen LogP contribution in [0.3, 0.4) is 0 Å². The third-order valence-electron chi connectivity index (χ3n) is 2.88. The quantitative estimate of drug-likeness (QED) is 0.725. The summed E-state index contributed by atoms with van der Waals surface area (Å²) < 4.78 is 5.33. The second-order valence-corrected chi connectivity index (χ2v) is 4.16. The van der Waals surface area contributed by atoms with Gasteiger partial charge in [0.2, 0.25) is 0 Å². The Hall–Kier alpha value is -1.58. The molecule has 0 unspecified atom stereocenters. The Morgan fingerprint density at radius 3 is 2.44 bits per heavy atom. The molecule has 0 spiro atoms. The first-order chi connectivity index (χ1) is 7.58. The molecule has 2 rings (SSSR count). The summed E-state index contributed by atoms with van der Waals surface area (Å²) in [6, 6.07) is 1.76. The van der Waals surface area contributed by atoms with Gasteiger partial charge in [0.1, 0.15) is 17.3 Å². The van der Waals surface area contributed by atoms with Crippen LogP contribution in [-0.4, -0.2) is 29.7 Å². The van der Waals surface area contributed by atoms with E-state index in [1.807, 2.05) is 6.92 Å². The average molecular weight is 221 g/mol. The van der Waals surface area contributed by atoms with Crippen molar-refractivity contribution in [1.29, 1.82) is 0 Å². The number of ketones is 1. The van der Waals surface area contributed by atoms with Crippen molar-refractivity contribution in [3.8, 4) is 0 Å². The Morgan fingerprint density at radius 1 is 1.31 bits per heavy atom. The molecule has 1 saturated heterocycles. The maximum atomic E-state index is 12.1. The third kappa shape index (κ3) is 2.01. The standard InChI is InChI=1S/C12H15NO3/c1-8-7-11(9(2)16-8)12(15)13-5-3-10(14)4-6-13/h7H,3-6H2,1-2H3. The first-order valence-electron chi connectivity index (χ1n) is 5.46. The number of likely N-dealkylation sites (tertiary alicyclic amines) is 1. The van der Waals surface area contributed by atoms with Crippen molar-refractivity contribution in [1.82, 2.24) is 4.90 Å². The molecule has 0 aromatic carbocycles. The number of carbonyl (C=O) groups excluding carboxylic acids is 2. The number of hydrogen-bond acceptors (Lipinski definition) is 3. The van der Waals surface area contributed by atoms with Crippen molar-refractivity contribution in [2.75, 3.05) is 13.1 Å². The van der Waals surface area contributed by atoms with Crippen LogP contribution in [0.2, 0.25) is 0 Å². The molecule has 1 fully saturated rings. The highest BCUT2D eigenvalue weighted by Crippen LogP contribution is 2.18. The molecule has 0 aliphatic carbocycles. The molecular weight excluding hydrogens is 206 g/mol. The molecule has 16 heavy (non-hydrogen) atoms. The lowest BCUT2D eigenvalue weighted by molar-refractivity contribution is -0.120. The van der Waals surface area contributed by atoms with E-state index in [2.05, 4.69) is 0 Å². The van der Waals surface area contributed by atoms with E-state index in [4.69, 9.17) is 4.42 Å². The SMILES string of the molecule is Cc1cc(C(=O)N2CCC(=O)CC2)c(C)o1. The number of furan rings is 1. The van der Waals surface area contributed by atoms with Gasteiger partial charge in [0.15, 0.2) is 0 Å². The Bertz CT molecular complexity index is 423. The van der Waals surface area contributed by atoms with Crippen molar-refractivity contribution >= 4 is 11.7 Å². The number of piperidine rings is 1. The number of rotatable bonds is 1. The Balaban J connectivity index is 2.13. The average Bonchev–Trinajstić information content (AvgIpc) is 2.58. The summed E-state index contributed by atoms with van der Waals surface area (Å²) >= 11 is 0. The normalized spacial score (nSPS) is 16.6. The Morgan fingerprint density at radius 2 is 1.94 bits per heavy atom. The number of aryl methyl sites for hydroxylation is 2. The second kappa shape index (κ2) is 4.12. The summed E-state index contributed by atoms with van der Waals surface area (Å²) in [4.78, 5) is 24.9. The molecule has 0 saturated carbocycles. The summed E-state index contributed by atoms with van der Waals surface area (Å²) in [6.45, 7) is 4.67. The minimum Gasteiger partial charge on any atom is -0.466 e. The summed E-state index contributed by atoms with van der Waals surface area (Å²) in [5.41, 5.74) is 0.617. The molecule has 4 heteroatoms. The molecule has 0 radical (unpaired) electrons. The van der Waals surface area contributed by atoms with Crippen molar-refractivity contribution < 1.29 is 14.0 Å². The van der Waals surface area contributed by atoms with Gasteiger partial charge in [0.25, 0.3) is 5.91 Å². The van der Waals surface area contributed by atoms with Gasteiger partial charge in [0, 0.05) is 25.9 Å². The first kappa shape index (κ1) is 10.9. The molecular formula is C12H15NO3. The first-order valence-corrected chi connectivity index (χ1v) is 5.46. The van der Waals surface area contributed by atoms with Crippen LogP contribution < -0.4 is 0 Å². The highest BCUT2D eigenvalue weighted by molar-refractivity contribution is 5.96. The molecule has 2 heterocycles. The van der Waals surface area contributed by atoms with Crippen LogP contribution in [0.4, 0.5) is 0 Å². The molecule has 0 N–H and O–H groups in total. The zero-order valence-corrected chi connectivity index (χ0v) is 9.58. The van der Waals surface area contributed by atoms with E-state index in [-0.39, 0.29) is 11.7 Å². The van der Waals surface area contributed by atoms with E-state index in [0.717, 1.165) is 5.76 Å². The van der Waals surface area contributed by atoms with E-state index < -0.39 is 0 Å². The molecule has 0 atom stereocenters. The van der Waals surface area contributed by atoms with Gasteiger partial charge in [-0.2, -0.15) is 0 Å². The predicted molar refractivity (Wildman–Crippen MR) is 58.3 cm³/mol. The van der Waals surface area contributed by atoms with Crippen molar-refractivity contribution in [2.45, 2.75) is 26.7 Å². The van der Waals surface area contributed by atoms with E-state index in [1.54, 1.807) is 17.9 Å². The van der Waals surface area contributed by atoms with E-state index >= 15 is 0 Å². The molecule has 1 aliphatic rings. The fraction of sp³-hybridized carbons (Fsp3) is 0.500. The molecule has 1 aromatic rings. The summed E-state index contributed by atoms with van der Waals surface area (Å²) in [5, 5.41) is 0. The predicted octanol–water partition coefficient (Wildman–Crippen LogP) is 1.70. The van der Waals surface area contributed by atoms with Crippen LogP contribution in [0, 0.1) is 13.8 Å². The largest absolute Gasteiger partial charge is 0.466 e. The highest BCUT2D eigenvalue weighted by Gasteiger charge is 2.24. The van der Waals surface area contributed by atoms with Gasteiger partial charge in [-0.15, -0.1) is 0 Å². The fourth-order valence-electron chi connectivity index (χ4n) is 1.97. The summed E-state index contributed by atoms with van der Waals surface area (Å²) in [7, 11) is 0. The number of hydrogen-bond donors (Lipinski definition) is 0. The number of carbonyl (C=O) groups is 2. The monoisotopic (exact) mass is 221 g/mol. The van der Waals surface area contributed by atoms with Gasteiger partial charge < -0.3 is 9.32 Å². The Labute approximate surface area is 94.2 Å². The highest BCUT2D eigenvalue weighted by atomic mass is 16.3. The van der Waals surface area contributed by atoms with Gasteiger partial charge in [0.05, 0.1) is 5.56 Å². The fourth-order valence-corrected chi connectivity index (χ4v) is 1.97. The van der Waals surface area contributed by atoms with Gasteiger partial charge in [-0.3, -0.25) is 9.59 Å². The second-order valence-electron chi connectivity index (χ2n) is 4.16. The molecule has 86 valence electrons. The van der Waals surface area contributed by atoms with Crippen molar-refractivity contribution in [2.24, 2.45) is 0 Å². The minimum absolute atomic E-state index is 0.0261. The lowest BCUT2D eigenvalue weighted by Crippen LogP contribution is -2.38. The van der Waals surface area contributed by atoms with E-state index in [9.17, 15) is 9.59 Å². The van der Waals surface area contributed by atoms with E-state index in [1.165, 1.54) is 0 Å². The summed E-state index contributed by atoms with van der Waals surface area (Å²) in [5.74, 6) is 1.61. The molecule has 1 aromatic heterocycles. The van der Waals surface area contributed by atoms with Gasteiger partial charge in [-0.25, -0.2) is 0 Å². The zero-order chi connectivity index (χ0) is 11.7. The van der Waals surface area contributed by atoms with Crippen LogP contribution >= 0.6 is 0 Å². The van der Waals surface area contributed by atoms with Crippen molar-refractivity contribution in [3.05, 3.63) is 23.2 Å². The van der Waals surface area contributed by atoms with Crippen molar-refractivity contribution in [3.63, 3.8) is 0 Å². The number of amides is 1. The Kier molecular flexibility index (Phi) is 2.81. The minimum atomic E-state index is -0.0261. The topological polar surface area (TPSA) is 50.5 Å². The maximum absolute atomic E-state index is 12.1. The van der Waals surface area contributed by atoms with Gasteiger partial charge >= 0.3 is 0 Å². The van der Waals surface area contributed by atoms with Gasteiger partial charge in [-0.05, 0) is 19.9 Å². The van der Waals surface area contributed by atoms with Crippen LogP contribution in [0.15, 0.2) is 10.5 Å². The maximum Gasteiger partial charge on any atom is 0.257 e. The smallest absolute Gasteiger partial charge is 0.257 e. The van der Waals surface area contributed by atoms with Gasteiger partial charge in [-0.1, -0.05) is 0 Å². The zero-order valence-electron chi connectivity index (χ0n) is 9.58. The lowest BCUT2D eigenvalue weighted by Gasteiger charge is -2.25. The number of nitrogens with zero attached hydrogens (tertiary/aromatic N) is 1. The molecule has 4 nitrogen and oxygen atoms in total. The summed E-state index contributed by atoms with van der Waals surface area (Å²) in [6.07, 6.45) is 0.948. The van der Waals surface area contributed by atoms with Crippen LogP contribution in [0.1, 0.15) is 34.7 Å². The van der Waals surface area contributed by atoms with Crippen LogP contribution in [-0.2, 0) is 4.79 Å². The number of Topliss-reactive ketones (excluding diaryl/α,β-unsaturated/α-hetero) is 1. The van der Waals surface area contributed by atoms with Crippen LogP contribution in [0.5, 0.6) is 0 Å². The van der Waals surface area contributed by atoms with Crippen LogP contribution in [0.25, 0.3) is 0 Å².